The number of hydrogen-bond donors (Lipinski definition) is 2. The number of carbonyl (C=O) groups is 2. The molecule has 5 heteroatoms. The molecule has 0 saturated carbocycles. The van der Waals surface area contributed by atoms with Crippen LogP contribution in [0.3, 0.4) is 0 Å². The topological polar surface area (TPSA) is 66.4 Å². The molecule has 29 heavy (non-hydrogen) atoms. The van der Waals surface area contributed by atoms with Crippen molar-refractivity contribution in [3.8, 4) is 0 Å². The lowest BCUT2D eigenvalue weighted by molar-refractivity contribution is -0.914. The SMILES string of the molecule is CC(C)Cc1ccc([C@@H](C)C(=O)N[C@@H](CCC[N+]2(C)CCCCC2)C(=O)O)cc1. The Bertz CT molecular complexity index is 663. The molecule has 0 bridgehead atoms. The lowest BCUT2D eigenvalue weighted by atomic mass is 9.96. The molecule has 162 valence electrons. The van der Waals surface area contributed by atoms with Crippen molar-refractivity contribution in [1.82, 2.24) is 5.32 Å². The Hall–Kier alpha value is -1.88. The van der Waals surface area contributed by atoms with E-state index >= 15 is 0 Å². The van der Waals surface area contributed by atoms with Crippen LogP contribution in [0.2, 0.25) is 0 Å². The first-order valence-electron chi connectivity index (χ1n) is 11.2. The molecule has 1 heterocycles. The third-order valence-corrected chi connectivity index (χ3v) is 6.22. The number of carbonyl (C=O) groups excluding carboxylic acids is 1. The van der Waals surface area contributed by atoms with Gasteiger partial charge >= 0.3 is 5.97 Å². The molecule has 0 radical (unpaired) electrons. The van der Waals surface area contributed by atoms with Crippen LogP contribution in [0.5, 0.6) is 0 Å². The summed E-state index contributed by atoms with van der Waals surface area (Å²) in [5.41, 5.74) is 2.18. The summed E-state index contributed by atoms with van der Waals surface area (Å²) in [5.74, 6) is -0.935. The molecule has 1 aliphatic rings. The van der Waals surface area contributed by atoms with E-state index in [0.29, 0.717) is 12.3 Å². The van der Waals surface area contributed by atoms with Crippen molar-refractivity contribution in [2.75, 3.05) is 26.7 Å². The Balaban J connectivity index is 1.88. The van der Waals surface area contributed by atoms with Gasteiger partial charge in [0, 0.05) is 0 Å². The Labute approximate surface area is 176 Å². The molecule has 1 fully saturated rings. The van der Waals surface area contributed by atoms with Gasteiger partial charge in [-0.3, -0.25) is 4.79 Å². The smallest absolute Gasteiger partial charge is 0.326 e. The van der Waals surface area contributed by atoms with Gasteiger partial charge < -0.3 is 14.9 Å². The van der Waals surface area contributed by atoms with Crippen molar-refractivity contribution in [3.05, 3.63) is 35.4 Å². The van der Waals surface area contributed by atoms with Crippen LogP contribution in [-0.2, 0) is 16.0 Å². The van der Waals surface area contributed by atoms with Crippen LogP contribution < -0.4 is 5.32 Å². The van der Waals surface area contributed by atoms with E-state index in [2.05, 4.69) is 38.3 Å². The fraction of sp³-hybridized carbons (Fsp3) is 0.667. The van der Waals surface area contributed by atoms with E-state index in [0.717, 1.165) is 29.4 Å². The highest BCUT2D eigenvalue weighted by Crippen LogP contribution is 2.20. The largest absolute Gasteiger partial charge is 0.480 e. The summed E-state index contributed by atoms with van der Waals surface area (Å²) in [6, 6.07) is 7.28. The van der Waals surface area contributed by atoms with Crippen LogP contribution in [0, 0.1) is 5.92 Å². The van der Waals surface area contributed by atoms with Crippen LogP contribution in [0.4, 0.5) is 0 Å². The molecule has 2 N–H and O–H groups in total. The third kappa shape index (κ3) is 7.46. The highest BCUT2D eigenvalue weighted by atomic mass is 16.4. The maximum Gasteiger partial charge on any atom is 0.326 e. The predicted octanol–water partition coefficient (Wildman–Crippen LogP) is 3.97. The summed E-state index contributed by atoms with van der Waals surface area (Å²) in [6.45, 7) is 9.53. The van der Waals surface area contributed by atoms with Crippen LogP contribution in [-0.4, -0.2) is 54.2 Å². The van der Waals surface area contributed by atoms with Gasteiger partial charge in [-0.2, -0.15) is 0 Å². The number of quaternary nitrogens is 1. The van der Waals surface area contributed by atoms with E-state index in [9.17, 15) is 14.7 Å². The molecular formula is C24H39N2O3+. The van der Waals surface area contributed by atoms with Gasteiger partial charge in [0.1, 0.15) is 6.04 Å². The van der Waals surface area contributed by atoms with Gasteiger partial charge in [-0.15, -0.1) is 0 Å². The van der Waals surface area contributed by atoms with Crippen molar-refractivity contribution < 1.29 is 19.2 Å². The summed E-state index contributed by atoms with van der Waals surface area (Å²) in [4.78, 5) is 24.4. The van der Waals surface area contributed by atoms with Crippen molar-refractivity contribution in [2.45, 2.75) is 71.3 Å². The fourth-order valence-corrected chi connectivity index (χ4v) is 4.30. The fourth-order valence-electron chi connectivity index (χ4n) is 4.30. The number of likely N-dealkylation sites (tertiary alicyclic amines) is 1. The van der Waals surface area contributed by atoms with E-state index in [1.54, 1.807) is 0 Å². The van der Waals surface area contributed by atoms with Crippen LogP contribution >= 0.6 is 0 Å². The predicted molar refractivity (Wildman–Crippen MR) is 117 cm³/mol. The highest BCUT2D eigenvalue weighted by Gasteiger charge is 2.27. The third-order valence-electron chi connectivity index (χ3n) is 6.22. The van der Waals surface area contributed by atoms with Crippen LogP contribution in [0.15, 0.2) is 24.3 Å². The second-order valence-electron chi connectivity index (χ2n) is 9.45. The molecule has 1 aromatic rings. The first-order chi connectivity index (χ1) is 13.7. The number of amides is 1. The Morgan fingerprint density at radius 1 is 1.07 bits per heavy atom. The number of hydrogen-bond acceptors (Lipinski definition) is 2. The minimum absolute atomic E-state index is 0.215. The molecule has 0 unspecified atom stereocenters. The normalized spacial score (nSPS) is 18.2. The minimum Gasteiger partial charge on any atom is -0.480 e. The van der Waals surface area contributed by atoms with Gasteiger partial charge in [-0.1, -0.05) is 38.1 Å². The summed E-state index contributed by atoms with van der Waals surface area (Å²) in [6.07, 6.45) is 6.12. The van der Waals surface area contributed by atoms with E-state index < -0.39 is 12.0 Å². The standard InChI is InChI=1S/C24H38N2O3/c1-18(2)17-20-10-12-21(13-11-20)19(3)23(27)25-22(24(28)29)9-8-16-26(4)14-6-5-7-15-26/h10-13,18-19,22H,5-9,14-17H2,1-4H3,(H-,25,27,28,29)/p+1/t19-,22+/m1/s1. The zero-order valence-corrected chi connectivity index (χ0v) is 18.6. The minimum atomic E-state index is -0.945. The van der Waals surface area contributed by atoms with E-state index in [1.165, 1.54) is 37.9 Å². The van der Waals surface area contributed by atoms with Crippen molar-refractivity contribution in [2.24, 2.45) is 5.92 Å². The maximum atomic E-state index is 12.7. The van der Waals surface area contributed by atoms with Gasteiger partial charge in [0.2, 0.25) is 5.91 Å². The quantitative estimate of drug-likeness (QED) is 0.581. The number of carboxylic acids is 1. The Kier molecular flexibility index (Phi) is 8.69. The van der Waals surface area contributed by atoms with E-state index in [1.807, 2.05) is 19.1 Å². The number of aliphatic carboxylic acids is 1. The lowest BCUT2D eigenvalue weighted by Gasteiger charge is -2.38. The van der Waals surface area contributed by atoms with Crippen molar-refractivity contribution >= 4 is 11.9 Å². The number of carboxylic acid groups (broad SMARTS) is 1. The molecule has 1 amide bonds. The maximum absolute atomic E-state index is 12.7. The monoisotopic (exact) mass is 403 g/mol. The first-order valence-corrected chi connectivity index (χ1v) is 11.2. The van der Waals surface area contributed by atoms with Crippen LogP contribution in [0.1, 0.15) is 69.9 Å². The van der Waals surface area contributed by atoms with Crippen LogP contribution in [0.25, 0.3) is 0 Å². The average Bonchev–Trinajstić information content (AvgIpc) is 2.67. The second kappa shape index (κ2) is 10.8. The molecule has 1 aliphatic heterocycles. The average molecular weight is 404 g/mol. The molecule has 0 spiro atoms. The second-order valence-corrected chi connectivity index (χ2v) is 9.45. The summed E-state index contributed by atoms with van der Waals surface area (Å²) in [7, 11) is 2.26. The zero-order chi connectivity index (χ0) is 21.4. The summed E-state index contributed by atoms with van der Waals surface area (Å²) < 4.78 is 1.03. The highest BCUT2D eigenvalue weighted by molar-refractivity contribution is 5.87. The Morgan fingerprint density at radius 2 is 1.69 bits per heavy atom. The molecular weight excluding hydrogens is 364 g/mol. The molecule has 0 aromatic heterocycles. The Morgan fingerprint density at radius 3 is 2.24 bits per heavy atom. The summed E-state index contributed by atoms with van der Waals surface area (Å²) >= 11 is 0. The van der Waals surface area contributed by atoms with Crippen molar-refractivity contribution in [1.29, 1.82) is 0 Å². The van der Waals surface area contributed by atoms with Crippen molar-refractivity contribution in [3.63, 3.8) is 0 Å². The van der Waals surface area contributed by atoms with Gasteiger partial charge in [0.25, 0.3) is 0 Å². The number of nitrogens with zero attached hydrogens (tertiary/aromatic N) is 1. The van der Waals surface area contributed by atoms with Gasteiger partial charge in [0.05, 0.1) is 32.6 Å². The van der Waals surface area contributed by atoms with Gasteiger partial charge in [-0.05, 0) is 62.5 Å². The number of piperidine rings is 1. The van der Waals surface area contributed by atoms with Gasteiger partial charge in [0.15, 0.2) is 0 Å². The van der Waals surface area contributed by atoms with E-state index in [4.69, 9.17) is 0 Å². The number of nitrogens with one attached hydrogen (secondary N) is 1. The molecule has 1 saturated heterocycles. The molecule has 1 aromatic carbocycles. The molecule has 0 aliphatic carbocycles. The molecule has 2 atom stereocenters. The number of rotatable bonds is 10. The first kappa shape index (κ1) is 23.4. The lowest BCUT2D eigenvalue weighted by Crippen LogP contribution is -2.49. The molecule has 5 nitrogen and oxygen atoms in total. The zero-order valence-electron chi connectivity index (χ0n) is 18.6. The molecule has 2 rings (SSSR count). The van der Waals surface area contributed by atoms with E-state index in [-0.39, 0.29) is 11.8 Å². The summed E-state index contributed by atoms with van der Waals surface area (Å²) in [5, 5.41) is 12.3. The number of benzene rings is 1. The van der Waals surface area contributed by atoms with Gasteiger partial charge in [-0.25, -0.2) is 4.79 Å².